The van der Waals surface area contributed by atoms with E-state index in [1.807, 2.05) is 18.2 Å². The lowest BCUT2D eigenvalue weighted by molar-refractivity contribution is 0.120. The predicted molar refractivity (Wildman–Crippen MR) is 102 cm³/mol. The van der Waals surface area contributed by atoms with Gasteiger partial charge in [-0.05, 0) is 37.1 Å². The second-order valence-corrected chi connectivity index (χ2v) is 6.72. The van der Waals surface area contributed by atoms with Gasteiger partial charge in [-0.2, -0.15) is 10.2 Å². The van der Waals surface area contributed by atoms with E-state index in [9.17, 15) is 5.26 Å². The molecule has 1 aliphatic rings. The molecule has 0 unspecified atom stereocenters. The second-order valence-electron chi connectivity index (χ2n) is 6.31. The molecule has 3 heterocycles. The van der Waals surface area contributed by atoms with Gasteiger partial charge in [0.05, 0.1) is 11.1 Å². The quantitative estimate of drug-likeness (QED) is 0.618. The minimum atomic E-state index is 0.122. The molecule has 4 rings (SSSR count). The molecule has 8 heteroatoms. The Morgan fingerprint density at radius 2 is 2.14 bits per heavy atom. The Kier molecular flexibility index (Phi) is 5.51. The van der Waals surface area contributed by atoms with Crippen LogP contribution in [0, 0.1) is 11.3 Å². The highest BCUT2D eigenvalue weighted by atomic mass is 35.5. The maximum atomic E-state index is 9.31. The normalized spacial score (nSPS) is 16.1. The molecule has 2 aromatic heterocycles. The van der Waals surface area contributed by atoms with Crippen molar-refractivity contribution in [3.63, 3.8) is 0 Å². The molecule has 1 N–H and O–H groups in total. The number of aromatic nitrogens is 1. The number of nitriles is 1. The number of halogens is 1. The average molecular weight is 400 g/mol. The van der Waals surface area contributed by atoms with Crippen molar-refractivity contribution in [3.8, 4) is 23.5 Å². The molecule has 0 aliphatic carbocycles. The molecule has 3 aromatic rings. The summed E-state index contributed by atoms with van der Waals surface area (Å²) in [5.41, 5.74) is 0.179. The van der Waals surface area contributed by atoms with Crippen molar-refractivity contribution in [1.82, 2.24) is 4.98 Å². The SMILES string of the molecule is N#Cc1nc(-c2ccc(COc3ccccc3Cl)o2)oc1NC[C@@H]1CCCO1. The number of oxazole rings is 1. The van der Waals surface area contributed by atoms with Crippen LogP contribution in [0.4, 0.5) is 5.88 Å². The van der Waals surface area contributed by atoms with Crippen LogP contribution in [0.3, 0.4) is 0 Å². The molecule has 0 radical (unpaired) electrons. The van der Waals surface area contributed by atoms with Crippen LogP contribution < -0.4 is 10.1 Å². The molecule has 0 saturated carbocycles. The van der Waals surface area contributed by atoms with Gasteiger partial charge in [0.15, 0.2) is 5.76 Å². The molecule has 1 saturated heterocycles. The maximum Gasteiger partial charge on any atom is 0.266 e. The molecular formula is C20H18ClN3O4. The minimum absolute atomic E-state index is 0.122. The Labute approximate surface area is 166 Å². The topological polar surface area (TPSA) is 93.5 Å². The van der Waals surface area contributed by atoms with Crippen LogP contribution in [0.2, 0.25) is 5.02 Å². The van der Waals surface area contributed by atoms with Gasteiger partial charge in [-0.15, -0.1) is 0 Å². The van der Waals surface area contributed by atoms with Crippen molar-refractivity contribution in [2.45, 2.75) is 25.6 Å². The van der Waals surface area contributed by atoms with Crippen LogP contribution in [0.25, 0.3) is 11.7 Å². The Morgan fingerprint density at radius 3 is 2.93 bits per heavy atom. The fraction of sp³-hybridized carbons (Fsp3) is 0.300. The number of hydrogen-bond acceptors (Lipinski definition) is 7. The van der Waals surface area contributed by atoms with Gasteiger partial charge < -0.3 is 23.6 Å². The summed E-state index contributed by atoms with van der Waals surface area (Å²) in [5, 5.41) is 12.9. The third kappa shape index (κ3) is 4.14. The van der Waals surface area contributed by atoms with E-state index < -0.39 is 0 Å². The fourth-order valence-electron chi connectivity index (χ4n) is 2.91. The summed E-state index contributed by atoms with van der Waals surface area (Å²) in [6.45, 7) is 1.54. The molecule has 144 valence electrons. The molecule has 1 atom stereocenters. The molecule has 0 amide bonds. The lowest BCUT2D eigenvalue weighted by Gasteiger charge is -2.09. The van der Waals surface area contributed by atoms with E-state index in [1.165, 1.54) is 0 Å². The number of anilines is 1. The Morgan fingerprint density at radius 1 is 1.25 bits per heavy atom. The van der Waals surface area contributed by atoms with Crippen LogP contribution in [0.1, 0.15) is 24.3 Å². The lowest BCUT2D eigenvalue weighted by Crippen LogP contribution is -2.18. The standard InChI is InChI=1S/C20H18ClN3O4/c21-15-5-1-2-6-17(15)26-12-14-7-8-18(27-14)20-24-16(10-22)19(28-20)23-11-13-4-3-9-25-13/h1-2,5-8,13,23H,3-4,9,11-12H2/t13-/m0/s1. The highest BCUT2D eigenvalue weighted by molar-refractivity contribution is 6.32. The van der Waals surface area contributed by atoms with Crippen LogP contribution in [-0.4, -0.2) is 24.2 Å². The second kappa shape index (κ2) is 8.38. The van der Waals surface area contributed by atoms with Gasteiger partial charge in [-0.3, -0.25) is 0 Å². The summed E-state index contributed by atoms with van der Waals surface area (Å²) < 4.78 is 22.7. The Balaban J connectivity index is 1.43. The summed E-state index contributed by atoms with van der Waals surface area (Å²) in [6, 6.07) is 12.7. The van der Waals surface area contributed by atoms with E-state index in [1.54, 1.807) is 24.3 Å². The summed E-state index contributed by atoms with van der Waals surface area (Å²) in [4.78, 5) is 4.20. The number of benzene rings is 1. The van der Waals surface area contributed by atoms with Gasteiger partial charge in [-0.1, -0.05) is 23.7 Å². The van der Waals surface area contributed by atoms with Gasteiger partial charge in [0.25, 0.3) is 5.89 Å². The Hall–Kier alpha value is -2.95. The van der Waals surface area contributed by atoms with Gasteiger partial charge in [0.2, 0.25) is 11.6 Å². The van der Waals surface area contributed by atoms with E-state index >= 15 is 0 Å². The highest BCUT2D eigenvalue weighted by Crippen LogP contribution is 2.29. The number of nitrogens with one attached hydrogen (secondary N) is 1. The van der Waals surface area contributed by atoms with E-state index in [-0.39, 0.29) is 24.3 Å². The monoisotopic (exact) mass is 399 g/mol. The zero-order valence-corrected chi connectivity index (χ0v) is 15.7. The van der Waals surface area contributed by atoms with Crippen molar-refractivity contribution in [2.24, 2.45) is 0 Å². The predicted octanol–water partition coefficient (Wildman–Crippen LogP) is 4.63. The van der Waals surface area contributed by atoms with E-state index in [4.69, 9.17) is 29.9 Å². The third-order valence-corrected chi connectivity index (χ3v) is 4.64. The largest absolute Gasteiger partial charge is 0.484 e. The van der Waals surface area contributed by atoms with Gasteiger partial charge in [-0.25, -0.2) is 0 Å². The molecule has 28 heavy (non-hydrogen) atoms. The molecule has 0 spiro atoms. The zero-order chi connectivity index (χ0) is 19.3. The van der Waals surface area contributed by atoms with E-state index in [0.29, 0.717) is 34.7 Å². The van der Waals surface area contributed by atoms with Gasteiger partial charge >= 0.3 is 0 Å². The number of rotatable bonds is 7. The molecular weight excluding hydrogens is 382 g/mol. The van der Waals surface area contributed by atoms with Crippen molar-refractivity contribution < 1.29 is 18.3 Å². The molecule has 1 fully saturated rings. The van der Waals surface area contributed by atoms with Crippen LogP contribution in [-0.2, 0) is 11.3 Å². The number of hydrogen-bond donors (Lipinski definition) is 1. The molecule has 0 bridgehead atoms. The molecule has 7 nitrogen and oxygen atoms in total. The summed E-state index contributed by atoms with van der Waals surface area (Å²) >= 11 is 6.08. The Bertz CT molecular complexity index is 985. The van der Waals surface area contributed by atoms with Crippen molar-refractivity contribution in [2.75, 3.05) is 18.5 Å². The average Bonchev–Trinajstić information content (AvgIpc) is 3.45. The molecule has 1 aromatic carbocycles. The van der Waals surface area contributed by atoms with E-state index in [2.05, 4.69) is 10.3 Å². The first kappa shape index (κ1) is 18.4. The minimum Gasteiger partial charge on any atom is -0.484 e. The lowest BCUT2D eigenvalue weighted by atomic mass is 10.2. The first-order valence-corrected chi connectivity index (χ1v) is 9.33. The summed E-state index contributed by atoms with van der Waals surface area (Å²) in [7, 11) is 0. The van der Waals surface area contributed by atoms with Gasteiger partial charge in [0, 0.05) is 13.2 Å². The number of para-hydroxylation sites is 1. The molecule has 1 aliphatic heterocycles. The van der Waals surface area contributed by atoms with Crippen LogP contribution in [0.15, 0.2) is 45.2 Å². The van der Waals surface area contributed by atoms with Gasteiger partial charge in [0.1, 0.15) is 24.2 Å². The number of furan rings is 1. The third-order valence-electron chi connectivity index (χ3n) is 4.33. The first-order chi connectivity index (χ1) is 13.7. The number of ether oxygens (including phenoxy) is 2. The van der Waals surface area contributed by atoms with Crippen LogP contribution in [0.5, 0.6) is 5.75 Å². The smallest absolute Gasteiger partial charge is 0.266 e. The first-order valence-electron chi connectivity index (χ1n) is 8.96. The summed E-state index contributed by atoms with van der Waals surface area (Å²) in [6.07, 6.45) is 2.16. The fourth-order valence-corrected chi connectivity index (χ4v) is 3.10. The van der Waals surface area contributed by atoms with Crippen molar-refractivity contribution >= 4 is 17.5 Å². The number of nitrogens with zero attached hydrogens (tertiary/aromatic N) is 2. The zero-order valence-electron chi connectivity index (χ0n) is 15.0. The highest BCUT2D eigenvalue weighted by Gasteiger charge is 2.20. The summed E-state index contributed by atoms with van der Waals surface area (Å²) in [5.74, 6) is 2.12. The van der Waals surface area contributed by atoms with Crippen LogP contribution >= 0.6 is 11.6 Å². The van der Waals surface area contributed by atoms with Crippen molar-refractivity contribution in [1.29, 1.82) is 5.26 Å². The van der Waals surface area contributed by atoms with E-state index in [0.717, 1.165) is 19.4 Å². The van der Waals surface area contributed by atoms with Crippen molar-refractivity contribution in [3.05, 3.63) is 52.9 Å². The maximum absolute atomic E-state index is 9.31.